The van der Waals surface area contributed by atoms with Gasteiger partial charge in [0, 0.05) is 23.9 Å². The van der Waals surface area contributed by atoms with Crippen molar-refractivity contribution in [3.63, 3.8) is 0 Å². The molecule has 1 N–H and O–H groups in total. The van der Waals surface area contributed by atoms with Gasteiger partial charge in [-0.3, -0.25) is 4.79 Å². The smallest absolute Gasteiger partial charge is 0.220 e. The summed E-state index contributed by atoms with van der Waals surface area (Å²) in [6.07, 6.45) is 3.92. The molecule has 0 aliphatic heterocycles. The number of ether oxygens (including phenoxy) is 1. The summed E-state index contributed by atoms with van der Waals surface area (Å²) in [5, 5.41) is 3.86. The van der Waals surface area contributed by atoms with Crippen LogP contribution in [0.5, 0.6) is 5.75 Å². The number of hydrogen-bond acceptors (Lipinski definition) is 4. The van der Waals surface area contributed by atoms with E-state index in [0.29, 0.717) is 26.0 Å². The first-order valence-corrected chi connectivity index (χ1v) is 9.53. The first-order valence-electron chi connectivity index (χ1n) is 8.71. The van der Waals surface area contributed by atoms with Crippen molar-refractivity contribution in [2.75, 3.05) is 6.61 Å². The molecule has 1 aromatic heterocycles. The van der Waals surface area contributed by atoms with Crippen LogP contribution in [0.4, 0.5) is 0 Å². The molecule has 0 aliphatic rings. The molecule has 0 saturated heterocycles. The lowest BCUT2D eigenvalue weighted by molar-refractivity contribution is -0.121. The van der Waals surface area contributed by atoms with E-state index in [1.165, 1.54) is 10.4 Å². The topological polar surface area (TPSA) is 51.2 Å². The van der Waals surface area contributed by atoms with Crippen LogP contribution < -0.4 is 10.1 Å². The maximum atomic E-state index is 11.9. The van der Waals surface area contributed by atoms with Crippen LogP contribution >= 0.6 is 11.3 Å². The van der Waals surface area contributed by atoms with E-state index >= 15 is 0 Å². The van der Waals surface area contributed by atoms with Gasteiger partial charge in [0.25, 0.3) is 0 Å². The van der Waals surface area contributed by atoms with E-state index in [0.717, 1.165) is 17.2 Å². The Morgan fingerprint density at radius 2 is 1.77 bits per heavy atom. The highest BCUT2D eigenvalue weighted by molar-refractivity contribution is 7.11. The van der Waals surface area contributed by atoms with Gasteiger partial charge < -0.3 is 10.1 Å². The van der Waals surface area contributed by atoms with Crippen LogP contribution in [0.1, 0.15) is 28.3 Å². The molecular weight excluding hydrogens is 344 g/mol. The Morgan fingerprint density at radius 3 is 2.54 bits per heavy atom. The molecule has 3 aromatic rings. The fourth-order valence-corrected chi connectivity index (χ4v) is 3.41. The molecule has 0 spiro atoms. The zero-order valence-electron chi connectivity index (χ0n) is 14.6. The van der Waals surface area contributed by atoms with E-state index in [1.807, 2.05) is 54.7 Å². The van der Waals surface area contributed by atoms with Crippen molar-refractivity contribution < 1.29 is 9.53 Å². The Hall–Kier alpha value is -2.66. The number of carbonyl (C=O) groups excluding carboxylic acids is 1. The Labute approximate surface area is 157 Å². The fourth-order valence-electron chi connectivity index (χ4n) is 2.51. The lowest BCUT2D eigenvalue weighted by Crippen LogP contribution is -2.22. The third-order valence-corrected chi connectivity index (χ3v) is 4.82. The van der Waals surface area contributed by atoms with E-state index in [-0.39, 0.29) is 5.91 Å². The van der Waals surface area contributed by atoms with Gasteiger partial charge in [-0.2, -0.15) is 0 Å². The van der Waals surface area contributed by atoms with E-state index < -0.39 is 0 Å². The number of nitrogens with zero attached hydrogens (tertiary/aromatic N) is 1. The average molecular weight is 366 g/mol. The first-order chi connectivity index (χ1) is 12.8. The number of amides is 1. The second-order valence-electron chi connectivity index (χ2n) is 5.92. The molecule has 134 valence electrons. The summed E-state index contributed by atoms with van der Waals surface area (Å²) in [5.74, 6) is 0.864. The molecule has 0 bridgehead atoms. The highest BCUT2D eigenvalue weighted by Crippen LogP contribution is 2.17. The average Bonchev–Trinajstić information content (AvgIpc) is 3.12. The van der Waals surface area contributed by atoms with Crippen LogP contribution in [0, 0.1) is 0 Å². The van der Waals surface area contributed by atoms with Crippen LogP contribution in [0.25, 0.3) is 0 Å². The third kappa shape index (κ3) is 6.01. The number of aromatic nitrogens is 1. The second-order valence-corrected chi connectivity index (χ2v) is 7.12. The van der Waals surface area contributed by atoms with E-state index in [2.05, 4.69) is 22.4 Å². The van der Waals surface area contributed by atoms with Crippen molar-refractivity contribution in [2.45, 2.75) is 25.8 Å². The summed E-state index contributed by atoms with van der Waals surface area (Å²) in [7, 11) is 0. The molecule has 5 heteroatoms. The molecule has 0 unspecified atom stereocenters. The molecule has 0 atom stereocenters. The zero-order valence-corrected chi connectivity index (χ0v) is 15.4. The van der Waals surface area contributed by atoms with Gasteiger partial charge in [-0.05, 0) is 24.1 Å². The molecular formula is C21H22N2O2S. The van der Waals surface area contributed by atoms with Crippen LogP contribution in [0.2, 0.25) is 0 Å². The lowest BCUT2D eigenvalue weighted by Gasteiger charge is -2.06. The Kier molecular flexibility index (Phi) is 6.79. The molecule has 0 aliphatic carbocycles. The van der Waals surface area contributed by atoms with Crippen LogP contribution in [0.15, 0.2) is 66.9 Å². The molecule has 1 amide bonds. The largest absolute Gasteiger partial charge is 0.494 e. The van der Waals surface area contributed by atoms with Crippen molar-refractivity contribution in [3.05, 3.63) is 82.3 Å². The van der Waals surface area contributed by atoms with E-state index in [9.17, 15) is 4.79 Å². The van der Waals surface area contributed by atoms with Crippen molar-refractivity contribution in [2.24, 2.45) is 0 Å². The zero-order chi connectivity index (χ0) is 18.0. The minimum Gasteiger partial charge on any atom is -0.494 e. The van der Waals surface area contributed by atoms with Gasteiger partial charge in [0.05, 0.1) is 13.2 Å². The minimum absolute atomic E-state index is 0.0291. The molecule has 2 aromatic carbocycles. The molecule has 0 radical (unpaired) electrons. The second kappa shape index (κ2) is 9.73. The molecule has 4 nitrogen and oxygen atoms in total. The summed E-state index contributed by atoms with van der Waals surface area (Å²) < 4.78 is 5.59. The summed E-state index contributed by atoms with van der Waals surface area (Å²) in [6, 6.07) is 20.0. The highest BCUT2D eigenvalue weighted by Gasteiger charge is 2.06. The van der Waals surface area contributed by atoms with Gasteiger partial charge in [-0.15, -0.1) is 11.3 Å². The fraction of sp³-hybridized carbons (Fsp3) is 0.238. The van der Waals surface area contributed by atoms with Crippen LogP contribution in [-0.2, 0) is 17.8 Å². The molecule has 0 fully saturated rings. The van der Waals surface area contributed by atoms with Crippen LogP contribution in [-0.4, -0.2) is 17.5 Å². The van der Waals surface area contributed by atoms with Gasteiger partial charge in [0.1, 0.15) is 10.8 Å². The predicted molar refractivity (Wildman–Crippen MR) is 104 cm³/mol. The summed E-state index contributed by atoms with van der Waals surface area (Å²) in [4.78, 5) is 17.5. The molecule has 1 heterocycles. The van der Waals surface area contributed by atoms with Crippen LogP contribution in [0.3, 0.4) is 0 Å². The summed E-state index contributed by atoms with van der Waals surface area (Å²) in [6.45, 7) is 1.02. The van der Waals surface area contributed by atoms with Gasteiger partial charge >= 0.3 is 0 Å². The predicted octanol–water partition coefficient (Wildman–Crippen LogP) is 4.21. The van der Waals surface area contributed by atoms with E-state index in [4.69, 9.17) is 4.74 Å². The van der Waals surface area contributed by atoms with Crippen molar-refractivity contribution in [1.29, 1.82) is 0 Å². The third-order valence-electron chi connectivity index (χ3n) is 3.82. The van der Waals surface area contributed by atoms with Crippen molar-refractivity contribution >= 4 is 17.2 Å². The van der Waals surface area contributed by atoms with E-state index in [1.54, 1.807) is 11.3 Å². The number of para-hydroxylation sites is 1. The summed E-state index contributed by atoms with van der Waals surface area (Å²) >= 11 is 1.64. The number of hydrogen-bond donors (Lipinski definition) is 1. The Bertz CT molecular complexity index is 803. The minimum atomic E-state index is 0.0291. The monoisotopic (exact) mass is 366 g/mol. The van der Waals surface area contributed by atoms with Gasteiger partial charge in [-0.1, -0.05) is 48.5 Å². The van der Waals surface area contributed by atoms with Crippen molar-refractivity contribution in [1.82, 2.24) is 10.3 Å². The molecule has 26 heavy (non-hydrogen) atoms. The van der Waals surface area contributed by atoms with Gasteiger partial charge in [-0.25, -0.2) is 4.98 Å². The normalized spacial score (nSPS) is 10.5. The number of rotatable bonds is 9. The molecule has 0 saturated carbocycles. The SMILES string of the molecule is O=C(CCCOc1ccccc1)NCc1ncc(Cc2ccccc2)s1. The van der Waals surface area contributed by atoms with Gasteiger partial charge in [0.2, 0.25) is 5.91 Å². The quantitative estimate of drug-likeness (QED) is 0.577. The lowest BCUT2D eigenvalue weighted by atomic mass is 10.1. The number of benzene rings is 2. The highest BCUT2D eigenvalue weighted by atomic mass is 32.1. The van der Waals surface area contributed by atoms with Gasteiger partial charge in [0.15, 0.2) is 0 Å². The molecule has 3 rings (SSSR count). The number of nitrogens with one attached hydrogen (secondary N) is 1. The number of carbonyl (C=O) groups is 1. The maximum Gasteiger partial charge on any atom is 0.220 e. The Morgan fingerprint density at radius 1 is 1.04 bits per heavy atom. The maximum absolute atomic E-state index is 11.9. The van der Waals surface area contributed by atoms with Crippen molar-refractivity contribution in [3.8, 4) is 5.75 Å². The first kappa shape index (κ1) is 18.1. The standard InChI is InChI=1S/C21H22N2O2S/c24-20(12-7-13-25-18-10-5-2-6-11-18)22-16-21-23-15-19(26-21)14-17-8-3-1-4-9-17/h1-6,8-11,15H,7,12-14,16H2,(H,22,24). The number of thiazole rings is 1. The Balaban J connectivity index is 1.34. The summed E-state index contributed by atoms with van der Waals surface area (Å²) in [5.41, 5.74) is 1.27.